The van der Waals surface area contributed by atoms with Crippen LogP contribution in [0.25, 0.3) is 0 Å². The van der Waals surface area contributed by atoms with E-state index >= 15 is 0 Å². The molecule has 1 unspecified atom stereocenters. The van der Waals surface area contributed by atoms with Crippen molar-refractivity contribution in [2.24, 2.45) is 0 Å². The van der Waals surface area contributed by atoms with E-state index in [1.165, 1.54) is 38.4 Å². The van der Waals surface area contributed by atoms with Gasteiger partial charge in [0.2, 0.25) is 10.0 Å². The van der Waals surface area contributed by atoms with Crippen molar-refractivity contribution in [1.82, 2.24) is 14.6 Å². The Morgan fingerprint density at radius 3 is 2.27 bits per heavy atom. The summed E-state index contributed by atoms with van der Waals surface area (Å²) in [6.45, 7) is 3.30. The fourth-order valence-corrected chi connectivity index (χ4v) is 3.94. The van der Waals surface area contributed by atoms with E-state index in [4.69, 9.17) is 5.11 Å². The Bertz CT molecular complexity index is 933. The third kappa shape index (κ3) is 4.09. The van der Waals surface area contributed by atoms with Crippen LogP contribution in [0.3, 0.4) is 0 Å². The minimum absolute atomic E-state index is 0.0914. The summed E-state index contributed by atoms with van der Waals surface area (Å²) in [5, 5.41) is 12.3. The van der Waals surface area contributed by atoms with Gasteiger partial charge in [-0.1, -0.05) is 0 Å². The molecule has 0 aliphatic carbocycles. The molecule has 0 saturated carbocycles. The lowest BCUT2D eigenvalue weighted by Gasteiger charge is -2.13. The second-order valence-electron chi connectivity index (χ2n) is 5.78. The third-order valence-electron chi connectivity index (χ3n) is 3.62. The standard InChI is InChI=1S/C16H19N3O5S2/c1-9-13(16(21)22)25-15(18-9)10(2)17-14(20)11-5-7-12(8-6-11)26(23,24)19(3)4/h5-8,10H,1-4H3,(H,17,20)(H,21,22). The number of nitrogens with one attached hydrogen (secondary N) is 1. The number of hydrogen-bond donors (Lipinski definition) is 2. The van der Waals surface area contributed by atoms with Crippen molar-refractivity contribution in [2.75, 3.05) is 14.1 Å². The molecule has 2 rings (SSSR count). The second kappa shape index (κ2) is 7.52. The zero-order valence-corrected chi connectivity index (χ0v) is 16.3. The first-order chi connectivity index (χ1) is 12.0. The van der Waals surface area contributed by atoms with Crippen molar-refractivity contribution in [3.63, 3.8) is 0 Å². The Hall–Kier alpha value is -2.30. The number of sulfonamides is 1. The van der Waals surface area contributed by atoms with Crippen molar-refractivity contribution < 1.29 is 23.1 Å². The number of carboxylic acids is 1. The Labute approximate surface area is 155 Å². The van der Waals surface area contributed by atoms with Gasteiger partial charge in [-0.3, -0.25) is 4.79 Å². The number of rotatable bonds is 6. The Morgan fingerprint density at radius 1 is 1.23 bits per heavy atom. The van der Waals surface area contributed by atoms with Crippen molar-refractivity contribution in [2.45, 2.75) is 24.8 Å². The smallest absolute Gasteiger partial charge is 0.347 e. The molecule has 1 aromatic carbocycles. The maximum absolute atomic E-state index is 12.3. The molecule has 0 saturated heterocycles. The molecule has 1 atom stereocenters. The van der Waals surface area contributed by atoms with Crippen LogP contribution in [0.2, 0.25) is 0 Å². The van der Waals surface area contributed by atoms with E-state index in [-0.39, 0.29) is 9.77 Å². The summed E-state index contributed by atoms with van der Waals surface area (Å²) in [7, 11) is -0.699. The number of hydrogen-bond acceptors (Lipinski definition) is 6. The van der Waals surface area contributed by atoms with Gasteiger partial charge in [-0.2, -0.15) is 0 Å². The Balaban J connectivity index is 2.15. The first-order valence-corrected chi connectivity index (χ1v) is 9.83. The van der Waals surface area contributed by atoms with Crippen LogP contribution in [0, 0.1) is 6.92 Å². The SMILES string of the molecule is Cc1nc(C(C)NC(=O)c2ccc(S(=O)(=O)N(C)C)cc2)sc1C(=O)O. The molecule has 0 radical (unpaired) electrons. The summed E-state index contributed by atoms with van der Waals surface area (Å²) in [4.78, 5) is 27.8. The van der Waals surface area contributed by atoms with Crippen molar-refractivity contribution in [3.05, 3.63) is 45.4 Å². The number of amides is 1. The normalized spacial score (nSPS) is 12.8. The van der Waals surface area contributed by atoms with Crippen LogP contribution in [0.4, 0.5) is 0 Å². The maximum atomic E-state index is 12.3. The number of benzene rings is 1. The molecule has 0 aliphatic rings. The third-order valence-corrected chi connectivity index (χ3v) is 6.78. The lowest BCUT2D eigenvalue weighted by molar-refractivity contribution is 0.0700. The maximum Gasteiger partial charge on any atom is 0.347 e. The number of carbonyl (C=O) groups is 2. The monoisotopic (exact) mass is 397 g/mol. The largest absolute Gasteiger partial charge is 0.477 e. The number of aromatic nitrogens is 1. The molecule has 1 amide bonds. The highest BCUT2D eigenvalue weighted by Gasteiger charge is 2.21. The Morgan fingerprint density at radius 2 is 1.81 bits per heavy atom. The van der Waals surface area contributed by atoms with Crippen LogP contribution in [-0.2, 0) is 10.0 Å². The van der Waals surface area contributed by atoms with Crippen molar-refractivity contribution >= 4 is 33.2 Å². The first-order valence-electron chi connectivity index (χ1n) is 7.58. The molecule has 1 aromatic heterocycles. The topological polar surface area (TPSA) is 117 Å². The lowest BCUT2D eigenvalue weighted by atomic mass is 10.2. The van der Waals surface area contributed by atoms with E-state index in [2.05, 4.69) is 10.3 Å². The van der Waals surface area contributed by atoms with Gasteiger partial charge in [-0.05, 0) is 38.1 Å². The van der Waals surface area contributed by atoms with Crippen molar-refractivity contribution in [3.8, 4) is 0 Å². The fourth-order valence-electron chi connectivity index (χ4n) is 2.13. The minimum atomic E-state index is -3.56. The van der Waals surface area contributed by atoms with E-state index in [9.17, 15) is 18.0 Å². The molecule has 0 bridgehead atoms. The summed E-state index contributed by atoms with van der Waals surface area (Å²) in [6.07, 6.45) is 0. The van der Waals surface area contributed by atoms with Gasteiger partial charge in [-0.15, -0.1) is 11.3 Å². The molecule has 0 fully saturated rings. The van der Waals surface area contributed by atoms with Gasteiger partial charge in [0.05, 0.1) is 16.6 Å². The number of nitrogens with zero attached hydrogens (tertiary/aromatic N) is 2. The number of carboxylic acid groups (broad SMARTS) is 1. The van der Waals surface area contributed by atoms with Crippen molar-refractivity contribution in [1.29, 1.82) is 0 Å². The highest BCUT2D eigenvalue weighted by molar-refractivity contribution is 7.89. The predicted molar refractivity (Wildman–Crippen MR) is 97.0 cm³/mol. The highest BCUT2D eigenvalue weighted by Crippen LogP contribution is 2.24. The number of aromatic carboxylic acids is 1. The van der Waals surface area contributed by atoms with Crippen LogP contribution in [-0.4, -0.2) is 48.8 Å². The molecule has 140 valence electrons. The molecule has 26 heavy (non-hydrogen) atoms. The van der Waals surface area contributed by atoms with Crippen LogP contribution in [0.15, 0.2) is 29.2 Å². The molecule has 8 nitrogen and oxygen atoms in total. The van der Waals surface area contributed by atoms with Crippen LogP contribution in [0.1, 0.15) is 43.7 Å². The zero-order chi connectivity index (χ0) is 19.6. The fraction of sp³-hybridized carbons (Fsp3) is 0.312. The molecule has 2 N–H and O–H groups in total. The van der Waals surface area contributed by atoms with Gasteiger partial charge in [0.25, 0.3) is 5.91 Å². The zero-order valence-electron chi connectivity index (χ0n) is 14.7. The minimum Gasteiger partial charge on any atom is -0.477 e. The van der Waals surface area contributed by atoms with E-state index in [0.29, 0.717) is 16.3 Å². The van der Waals surface area contributed by atoms with E-state index in [0.717, 1.165) is 15.6 Å². The van der Waals surface area contributed by atoms with Gasteiger partial charge in [-0.25, -0.2) is 22.5 Å². The molecule has 0 spiro atoms. The van der Waals surface area contributed by atoms with Crippen LogP contribution in [0.5, 0.6) is 0 Å². The average Bonchev–Trinajstić information content (AvgIpc) is 2.97. The summed E-state index contributed by atoms with van der Waals surface area (Å²) in [5.74, 6) is -1.46. The van der Waals surface area contributed by atoms with E-state index in [1.54, 1.807) is 13.8 Å². The number of thiazole rings is 1. The quantitative estimate of drug-likeness (QED) is 0.769. The van der Waals surface area contributed by atoms with Gasteiger partial charge in [0.15, 0.2) is 0 Å². The highest BCUT2D eigenvalue weighted by atomic mass is 32.2. The summed E-state index contributed by atoms with van der Waals surface area (Å²) in [5.41, 5.74) is 0.693. The van der Waals surface area contributed by atoms with Gasteiger partial charge >= 0.3 is 5.97 Å². The summed E-state index contributed by atoms with van der Waals surface area (Å²) >= 11 is 1.01. The van der Waals surface area contributed by atoms with E-state index < -0.39 is 27.9 Å². The predicted octanol–water partition coefficient (Wildman–Crippen LogP) is 1.89. The van der Waals surface area contributed by atoms with Gasteiger partial charge in [0, 0.05) is 19.7 Å². The number of aryl methyl sites for hydroxylation is 1. The lowest BCUT2D eigenvalue weighted by Crippen LogP contribution is -2.27. The van der Waals surface area contributed by atoms with Gasteiger partial charge < -0.3 is 10.4 Å². The second-order valence-corrected chi connectivity index (χ2v) is 8.96. The Kier molecular flexibility index (Phi) is 5.79. The van der Waals surface area contributed by atoms with Gasteiger partial charge in [0.1, 0.15) is 9.88 Å². The first kappa shape index (κ1) is 20.0. The molecule has 10 heteroatoms. The summed E-state index contributed by atoms with van der Waals surface area (Å²) in [6, 6.07) is 5.10. The van der Waals surface area contributed by atoms with Crippen LogP contribution < -0.4 is 5.32 Å². The molecule has 2 aromatic rings. The molecule has 0 aliphatic heterocycles. The van der Waals surface area contributed by atoms with Crippen LogP contribution >= 0.6 is 11.3 Å². The average molecular weight is 397 g/mol. The summed E-state index contributed by atoms with van der Waals surface area (Å²) < 4.78 is 25.2. The molecular weight excluding hydrogens is 378 g/mol. The molecule has 1 heterocycles. The van der Waals surface area contributed by atoms with E-state index in [1.807, 2.05) is 0 Å². The number of carbonyl (C=O) groups excluding carboxylic acids is 1. The molecular formula is C16H19N3O5S2.